The van der Waals surface area contributed by atoms with Gasteiger partial charge in [0.25, 0.3) is 0 Å². The van der Waals surface area contributed by atoms with E-state index in [0.29, 0.717) is 17.9 Å². The lowest BCUT2D eigenvalue weighted by Crippen LogP contribution is -2.38. The molecule has 1 aliphatic heterocycles. The Morgan fingerprint density at radius 2 is 1.94 bits per heavy atom. The summed E-state index contributed by atoms with van der Waals surface area (Å²) in [4.78, 5) is 14.6. The minimum absolute atomic E-state index is 0.438. The number of carbonyl (C=O) groups is 1. The lowest BCUT2D eigenvalue weighted by Gasteiger charge is -2.27. The highest BCUT2D eigenvalue weighted by molar-refractivity contribution is 5.77. The second-order valence-corrected chi connectivity index (χ2v) is 6.14. The molecular formula is C14H24N2O. The predicted molar refractivity (Wildman–Crippen MR) is 67.7 cm³/mol. The molecule has 1 heterocycles. The van der Waals surface area contributed by atoms with Crippen LogP contribution in [0.4, 0.5) is 0 Å². The molecule has 1 amide bonds. The van der Waals surface area contributed by atoms with Crippen molar-refractivity contribution < 1.29 is 4.79 Å². The van der Waals surface area contributed by atoms with E-state index in [1.54, 1.807) is 0 Å². The third-order valence-corrected chi connectivity index (χ3v) is 4.32. The van der Waals surface area contributed by atoms with Gasteiger partial charge >= 0.3 is 0 Å². The van der Waals surface area contributed by atoms with E-state index in [1.807, 2.05) is 0 Å². The maximum absolute atomic E-state index is 12.4. The Bertz CT molecular complexity index is 278. The standard InChI is InChI=1S/C14H24N2O/c17-14(8-12-2-1-7-15-9-12)16(13-5-6-13)10-11-3-4-11/h11-13,15H,1-10H2. The number of amides is 1. The van der Waals surface area contributed by atoms with Gasteiger partial charge in [-0.15, -0.1) is 0 Å². The molecule has 3 nitrogen and oxygen atoms in total. The summed E-state index contributed by atoms with van der Waals surface area (Å²) >= 11 is 0. The molecule has 0 aromatic heterocycles. The molecule has 0 aromatic carbocycles. The van der Waals surface area contributed by atoms with Crippen molar-refractivity contribution in [2.24, 2.45) is 11.8 Å². The van der Waals surface area contributed by atoms with E-state index >= 15 is 0 Å². The van der Waals surface area contributed by atoms with E-state index in [9.17, 15) is 4.79 Å². The Labute approximate surface area is 104 Å². The molecule has 0 radical (unpaired) electrons. The van der Waals surface area contributed by atoms with Crippen LogP contribution in [0.25, 0.3) is 0 Å². The van der Waals surface area contributed by atoms with Crippen LogP contribution >= 0.6 is 0 Å². The summed E-state index contributed by atoms with van der Waals surface area (Å²) in [6.07, 6.45) is 8.46. The monoisotopic (exact) mass is 236 g/mol. The summed E-state index contributed by atoms with van der Waals surface area (Å²) in [7, 11) is 0. The van der Waals surface area contributed by atoms with Crippen molar-refractivity contribution >= 4 is 5.91 Å². The van der Waals surface area contributed by atoms with E-state index in [4.69, 9.17) is 0 Å². The second kappa shape index (κ2) is 4.97. The zero-order valence-corrected chi connectivity index (χ0v) is 10.7. The molecule has 1 atom stereocenters. The van der Waals surface area contributed by atoms with E-state index in [-0.39, 0.29) is 0 Å². The number of nitrogens with zero attached hydrogens (tertiary/aromatic N) is 1. The van der Waals surface area contributed by atoms with Crippen molar-refractivity contribution in [3.63, 3.8) is 0 Å². The number of carbonyl (C=O) groups excluding carboxylic acids is 1. The molecular weight excluding hydrogens is 212 g/mol. The highest BCUT2D eigenvalue weighted by atomic mass is 16.2. The Hall–Kier alpha value is -0.570. The fourth-order valence-electron chi connectivity index (χ4n) is 2.88. The number of hydrogen-bond donors (Lipinski definition) is 1. The number of rotatable bonds is 5. The second-order valence-electron chi connectivity index (χ2n) is 6.14. The average Bonchev–Trinajstić information content (AvgIpc) is 3.20. The zero-order valence-electron chi connectivity index (χ0n) is 10.7. The van der Waals surface area contributed by atoms with Crippen molar-refractivity contribution in [2.45, 2.75) is 51.0 Å². The van der Waals surface area contributed by atoms with Gasteiger partial charge in [-0.25, -0.2) is 0 Å². The van der Waals surface area contributed by atoms with Crippen LogP contribution in [0.2, 0.25) is 0 Å². The average molecular weight is 236 g/mol. The summed E-state index contributed by atoms with van der Waals surface area (Å²) in [5.41, 5.74) is 0. The molecule has 3 fully saturated rings. The lowest BCUT2D eigenvalue weighted by molar-refractivity contribution is -0.133. The van der Waals surface area contributed by atoms with E-state index in [2.05, 4.69) is 10.2 Å². The molecule has 2 aliphatic carbocycles. The Kier molecular flexibility index (Phi) is 3.37. The third kappa shape index (κ3) is 3.21. The zero-order chi connectivity index (χ0) is 11.7. The van der Waals surface area contributed by atoms with Crippen LogP contribution in [0.5, 0.6) is 0 Å². The topological polar surface area (TPSA) is 32.3 Å². The Balaban J connectivity index is 1.50. The molecule has 0 spiro atoms. The summed E-state index contributed by atoms with van der Waals surface area (Å²) in [5.74, 6) is 1.87. The number of piperidine rings is 1. The summed E-state index contributed by atoms with van der Waals surface area (Å²) in [6, 6.07) is 0.611. The van der Waals surface area contributed by atoms with Gasteiger partial charge < -0.3 is 10.2 Å². The van der Waals surface area contributed by atoms with Crippen LogP contribution in [0, 0.1) is 11.8 Å². The predicted octanol–water partition coefficient (Wildman–Crippen LogP) is 1.78. The quantitative estimate of drug-likeness (QED) is 0.789. The minimum Gasteiger partial charge on any atom is -0.339 e. The fourth-order valence-corrected chi connectivity index (χ4v) is 2.88. The van der Waals surface area contributed by atoms with E-state index in [1.165, 1.54) is 38.5 Å². The van der Waals surface area contributed by atoms with Crippen LogP contribution in [0.1, 0.15) is 44.9 Å². The van der Waals surface area contributed by atoms with Crippen LogP contribution < -0.4 is 5.32 Å². The molecule has 3 aliphatic rings. The van der Waals surface area contributed by atoms with Gasteiger partial charge in [-0.3, -0.25) is 4.79 Å². The molecule has 3 heteroatoms. The first kappa shape index (κ1) is 11.5. The van der Waals surface area contributed by atoms with Gasteiger partial charge in [0.05, 0.1) is 0 Å². The molecule has 1 saturated heterocycles. The van der Waals surface area contributed by atoms with Gasteiger partial charge in [0.1, 0.15) is 0 Å². The first-order chi connectivity index (χ1) is 8.33. The van der Waals surface area contributed by atoms with Gasteiger partial charge in [0.15, 0.2) is 0 Å². The van der Waals surface area contributed by atoms with Crippen molar-refractivity contribution in [1.29, 1.82) is 0 Å². The Morgan fingerprint density at radius 1 is 1.12 bits per heavy atom. The van der Waals surface area contributed by atoms with Gasteiger partial charge in [-0.2, -0.15) is 0 Å². The van der Waals surface area contributed by atoms with Gasteiger partial charge in [0.2, 0.25) is 5.91 Å². The molecule has 0 aromatic rings. The molecule has 0 bridgehead atoms. The maximum Gasteiger partial charge on any atom is 0.223 e. The van der Waals surface area contributed by atoms with Crippen LogP contribution in [-0.2, 0) is 4.79 Å². The SMILES string of the molecule is O=C(CC1CCCNC1)N(CC1CC1)C1CC1. The molecule has 3 rings (SSSR count). The smallest absolute Gasteiger partial charge is 0.223 e. The lowest BCUT2D eigenvalue weighted by atomic mass is 9.95. The maximum atomic E-state index is 12.4. The van der Waals surface area contributed by atoms with Crippen molar-refractivity contribution in [2.75, 3.05) is 19.6 Å². The van der Waals surface area contributed by atoms with E-state index < -0.39 is 0 Å². The molecule has 17 heavy (non-hydrogen) atoms. The first-order valence-corrected chi connectivity index (χ1v) is 7.33. The van der Waals surface area contributed by atoms with Crippen LogP contribution in [-0.4, -0.2) is 36.5 Å². The highest BCUT2D eigenvalue weighted by Gasteiger charge is 2.36. The normalized spacial score (nSPS) is 29.1. The largest absolute Gasteiger partial charge is 0.339 e. The minimum atomic E-state index is 0.438. The third-order valence-electron chi connectivity index (χ3n) is 4.32. The van der Waals surface area contributed by atoms with Crippen molar-refractivity contribution in [1.82, 2.24) is 10.2 Å². The molecule has 1 unspecified atom stereocenters. The first-order valence-electron chi connectivity index (χ1n) is 7.33. The van der Waals surface area contributed by atoms with Crippen LogP contribution in [0.15, 0.2) is 0 Å². The fraction of sp³-hybridized carbons (Fsp3) is 0.929. The van der Waals surface area contributed by atoms with Gasteiger partial charge in [-0.05, 0) is 63.5 Å². The van der Waals surface area contributed by atoms with Crippen molar-refractivity contribution in [3.8, 4) is 0 Å². The molecule has 1 N–H and O–H groups in total. The molecule has 2 saturated carbocycles. The Morgan fingerprint density at radius 3 is 2.53 bits per heavy atom. The van der Waals surface area contributed by atoms with E-state index in [0.717, 1.165) is 32.0 Å². The summed E-state index contributed by atoms with van der Waals surface area (Å²) < 4.78 is 0. The highest BCUT2D eigenvalue weighted by Crippen LogP contribution is 2.35. The van der Waals surface area contributed by atoms with Gasteiger partial charge in [-0.1, -0.05) is 0 Å². The van der Waals surface area contributed by atoms with Gasteiger partial charge in [0, 0.05) is 19.0 Å². The van der Waals surface area contributed by atoms with Crippen molar-refractivity contribution in [3.05, 3.63) is 0 Å². The summed E-state index contributed by atoms with van der Waals surface area (Å²) in [6.45, 7) is 3.25. The number of nitrogens with one attached hydrogen (secondary N) is 1. The summed E-state index contributed by atoms with van der Waals surface area (Å²) in [5, 5.41) is 3.41. The molecule has 96 valence electrons. The number of hydrogen-bond acceptors (Lipinski definition) is 2. The van der Waals surface area contributed by atoms with Crippen LogP contribution in [0.3, 0.4) is 0 Å².